The summed E-state index contributed by atoms with van der Waals surface area (Å²) in [6, 6.07) is 7.77. The molecule has 1 aromatic carbocycles. The van der Waals surface area contributed by atoms with Crippen molar-refractivity contribution in [3.8, 4) is 5.75 Å². The van der Waals surface area contributed by atoms with Gasteiger partial charge in [-0.1, -0.05) is 22.0 Å². The summed E-state index contributed by atoms with van der Waals surface area (Å²) < 4.78 is 5.44. The van der Waals surface area contributed by atoms with Gasteiger partial charge in [0.05, 0.1) is 6.10 Å². The lowest BCUT2D eigenvalue weighted by atomic mass is 10.3. The average Bonchev–Trinajstić information content (AvgIpc) is 2.26. The highest BCUT2D eigenvalue weighted by molar-refractivity contribution is 9.09. The van der Waals surface area contributed by atoms with Crippen LogP contribution in [0.4, 0.5) is 5.69 Å². The molecular formula is C11H16BrNO2. The van der Waals surface area contributed by atoms with E-state index < -0.39 is 6.10 Å². The van der Waals surface area contributed by atoms with E-state index in [9.17, 15) is 5.11 Å². The summed E-state index contributed by atoms with van der Waals surface area (Å²) in [7, 11) is 3.96. The van der Waals surface area contributed by atoms with Gasteiger partial charge < -0.3 is 14.7 Å². The van der Waals surface area contributed by atoms with Crippen molar-refractivity contribution in [3.63, 3.8) is 0 Å². The van der Waals surface area contributed by atoms with Gasteiger partial charge in [-0.25, -0.2) is 0 Å². The summed E-state index contributed by atoms with van der Waals surface area (Å²) in [6.07, 6.45) is -0.465. The fourth-order valence-electron chi connectivity index (χ4n) is 1.09. The molecule has 0 amide bonds. The van der Waals surface area contributed by atoms with Crippen molar-refractivity contribution < 1.29 is 9.84 Å². The van der Waals surface area contributed by atoms with Gasteiger partial charge in [-0.2, -0.15) is 0 Å². The van der Waals surface area contributed by atoms with Crippen LogP contribution >= 0.6 is 15.9 Å². The average molecular weight is 274 g/mol. The highest BCUT2D eigenvalue weighted by atomic mass is 79.9. The summed E-state index contributed by atoms with van der Waals surface area (Å²) in [5.41, 5.74) is 1.08. The van der Waals surface area contributed by atoms with Crippen molar-refractivity contribution >= 4 is 21.6 Å². The molecule has 0 aliphatic rings. The van der Waals surface area contributed by atoms with E-state index in [0.717, 1.165) is 11.4 Å². The second kappa shape index (κ2) is 5.98. The smallest absolute Gasteiger partial charge is 0.121 e. The van der Waals surface area contributed by atoms with Crippen molar-refractivity contribution in [3.05, 3.63) is 24.3 Å². The van der Waals surface area contributed by atoms with Crippen molar-refractivity contribution in [2.24, 2.45) is 0 Å². The molecule has 0 bridgehead atoms. The molecule has 0 saturated carbocycles. The molecule has 1 unspecified atom stereocenters. The second-order valence-electron chi connectivity index (χ2n) is 3.51. The molecule has 1 aromatic rings. The topological polar surface area (TPSA) is 32.7 Å². The number of benzene rings is 1. The van der Waals surface area contributed by atoms with Gasteiger partial charge in [0.15, 0.2) is 0 Å². The van der Waals surface area contributed by atoms with Crippen LogP contribution in [0.5, 0.6) is 5.75 Å². The number of hydrogen-bond acceptors (Lipinski definition) is 3. The van der Waals surface area contributed by atoms with Gasteiger partial charge in [-0.15, -0.1) is 0 Å². The Kier molecular flexibility index (Phi) is 4.91. The Labute approximate surface area is 98.8 Å². The van der Waals surface area contributed by atoms with Gasteiger partial charge in [0, 0.05) is 31.2 Å². The minimum Gasteiger partial charge on any atom is -0.491 e. The van der Waals surface area contributed by atoms with E-state index in [1.54, 1.807) is 0 Å². The Morgan fingerprint density at radius 3 is 2.80 bits per heavy atom. The molecule has 0 heterocycles. The second-order valence-corrected chi connectivity index (χ2v) is 4.16. The summed E-state index contributed by atoms with van der Waals surface area (Å²) in [5.74, 6) is 0.779. The summed E-state index contributed by atoms with van der Waals surface area (Å²) in [4.78, 5) is 2.01. The zero-order chi connectivity index (χ0) is 11.3. The van der Waals surface area contributed by atoms with Crippen LogP contribution < -0.4 is 9.64 Å². The first-order chi connectivity index (χ1) is 7.13. The molecule has 84 valence electrons. The molecule has 0 spiro atoms. The van der Waals surface area contributed by atoms with Crippen molar-refractivity contribution in [1.82, 2.24) is 0 Å². The fraction of sp³-hybridized carbons (Fsp3) is 0.455. The zero-order valence-corrected chi connectivity index (χ0v) is 10.6. The predicted octanol–water partition coefficient (Wildman–Crippen LogP) is 1.89. The van der Waals surface area contributed by atoms with Crippen LogP contribution in [0.25, 0.3) is 0 Å². The van der Waals surface area contributed by atoms with Crippen molar-refractivity contribution in [2.75, 3.05) is 30.9 Å². The van der Waals surface area contributed by atoms with E-state index in [0.29, 0.717) is 11.9 Å². The first kappa shape index (κ1) is 12.3. The van der Waals surface area contributed by atoms with Crippen LogP contribution in [0.2, 0.25) is 0 Å². The van der Waals surface area contributed by atoms with Crippen LogP contribution in [0, 0.1) is 0 Å². The number of anilines is 1. The van der Waals surface area contributed by atoms with Crippen LogP contribution in [0.15, 0.2) is 24.3 Å². The molecule has 3 nitrogen and oxygen atoms in total. The Balaban J connectivity index is 2.58. The highest BCUT2D eigenvalue weighted by Gasteiger charge is 2.03. The van der Waals surface area contributed by atoms with Gasteiger partial charge >= 0.3 is 0 Å². The molecule has 4 heteroatoms. The molecule has 1 rings (SSSR count). The number of rotatable bonds is 5. The molecule has 0 saturated heterocycles. The first-order valence-corrected chi connectivity index (χ1v) is 5.90. The quantitative estimate of drug-likeness (QED) is 0.832. The lowest BCUT2D eigenvalue weighted by molar-refractivity contribution is 0.127. The number of aliphatic hydroxyl groups excluding tert-OH is 1. The maximum atomic E-state index is 9.32. The molecule has 0 aliphatic heterocycles. The van der Waals surface area contributed by atoms with Gasteiger partial charge in [-0.05, 0) is 12.1 Å². The van der Waals surface area contributed by atoms with Gasteiger partial charge in [0.1, 0.15) is 12.4 Å². The van der Waals surface area contributed by atoms with Crippen molar-refractivity contribution in [2.45, 2.75) is 6.10 Å². The van der Waals surface area contributed by atoms with Crippen LogP contribution in [0.3, 0.4) is 0 Å². The van der Waals surface area contributed by atoms with E-state index in [4.69, 9.17) is 4.74 Å². The van der Waals surface area contributed by atoms with E-state index in [-0.39, 0.29) is 0 Å². The number of nitrogens with zero attached hydrogens (tertiary/aromatic N) is 1. The third-order valence-electron chi connectivity index (χ3n) is 1.95. The summed E-state index contributed by atoms with van der Waals surface area (Å²) >= 11 is 3.19. The third-order valence-corrected chi connectivity index (χ3v) is 2.70. The zero-order valence-electron chi connectivity index (χ0n) is 8.98. The molecule has 0 radical (unpaired) electrons. The molecule has 1 atom stereocenters. The number of alkyl halides is 1. The SMILES string of the molecule is CN(C)c1cccc(OCC(O)CBr)c1. The van der Waals surface area contributed by atoms with Gasteiger partial charge in [0.2, 0.25) is 0 Å². The molecule has 0 aliphatic carbocycles. The number of aliphatic hydroxyl groups is 1. The first-order valence-electron chi connectivity index (χ1n) is 4.77. The Morgan fingerprint density at radius 1 is 1.47 bits per heavy atom. The molecule has 0 fully saturated rings. The van der Waals surface area contributed by atoms with E-state index in [2.05, 4.69) is 15.9 Å². The minimum absolute atomic E-state index is 0.308. The van der Waals surface area contributed by atoms with Crippen LogP contribution in [0.1, 0.15) is 0 Å². The summed E-state index contributed by atoms with van der Waals surface area (Å²) in [6.45, 7) is 0.308. The number of hydrogen-bond donors (Lipinski definition) is 1. The lowest BCUT2D eigenvalue weighted by Crippen LogP contribution is -2.18. The highest BCUT2D eigenvalue weighted by Crippen LogP contribution is 2.19. The molecule has 0 aromatic heterocycles. The van der Waals surface area contributed by atoms with Crippen LogP contribution in [-0.2, 0) is 0 Å². The Hall–Kier alpha value is -0.740. The lowest BCUT2D eigenvalue weighted by Gasteiger charge is -2.15. The Bertz CT molecular complexity index is 304. The monoisotopic (exact) mass is 273 g/mol. The largest absolute Gasteiger partial charge is 0.491 e. The number of ether oxygens (including phenoxy) is 1. The maximum Gasteiger partial charge on any atom is 0.121 e. The predicted molar refractivity (Wildman–Crippen MR) is 66.1 cm³/mol. The standard InChI is InChI=1S/C11H16BrNO2/c1-13(2)9-4-3-5-11(6-9)15-8-10(14)7-12/h3-6,10,14H,7-8H2,1-2H3. The van der Waals surface area contributed by atoms with E-state index in [1.165, 1.54) is 0 Å². The summed E-state index contributed by atoms with van der Waals surface area (Å²) in [5, 5.41) is 9.84. The van der Waals surface area contributed by atoms with E-state index >= 15 is 0 Å². The van der Waals surface area contributed by atoms with E-state index in [1.807, 2.05) is 43.3 Å². The van der Waals surface area contributed by atoms with Gasteiger partial charge in [-0.3, -0.25) is 0 Å². The molecular weight excluding hydrogens is 258 g/mol. The third kappa shape index (κ3) is 4.10. The maximum absolute atomic E-state index is 9.32. The van der Waals surface area contributed by atoms with Gasteiger partial charge in [0.25, 0.3) is 0 Å². The Morgan fingerprint density at radius 2 is 2.20 bits per heavy atom. The fourth-order valence-corrected chi connectivity index (χ4v) is 1.28. The van der Waals surface area contributed by atoms with Crippen molar-refractivity contribution in [1.29, 1.82) is 0 Å². The number of halogens is 1. The molecule has 1 N–H and O–H groups in total. The van der Waals surface area contributed by atoms with Crippen LogP contribution in [-0.4, -0.2) is 37.2 Å². The molecule has 15 heavy (non-hydrogen) atoms. The minimum atomic E-state index is -0.465. The normalized spacial score (nSPS) is 12.3.